The van der Waals surface area contributed by atoms with Gasteiger partial charge in [-0.3, -0.25) is 4.79 Å². The first kappa shape index (κ1) is 17.3. The second-order valence-corrected chi connectivity index (χ2v) is 5.55. The normalized spacial score (nSPS) is 10.3. The van der Waals surface area contributed by atoms with Crippen LogP contribution in [-0.4, -0.2) is 15.8 Å². The smallest absolute Gasteiger partial charge is 0.356 e. The average molecular weight is 351 g/mol. The van der Waals surface area contributed by atoms with Gasteiger partial charge in [0.2, 0.25) is 5.43 Å². The summed E-state index contributed by atoms with van der Waals surface area (Å²) in [5, 5.41) is 9.31. The Morgan fingerprint density at radius 3 is 2.08 bits per heavy atom. The monoisotopic (exact) mass is 351 g/mol. The number of carboxylic acid groups (broad SMARTS) is 1. The third-order valence-corrected chi connectivity index (χ3v) is 3.65. The zero-order valence-electron chi connectivity index (χ0n) is 13.9. The Labute approximate surface area is 149 Å². The molecule has 0 aliphatic heterocycles. The first-order chi connectivity index (χ1) is 12.6. The molecule has 26 heavy (non-hydrogen) atoms. The summed E-state index contributed by atoms with van der Waals surface area (Å²) >= 11 is 0. The van der Waals surface area contributed by atoms with E-state index >= 15 is 0 Å². The molecular formula is C20H17NO5. The number of hydrogen-bond donors (Lipinski definition) is 1. The maximum Gasteiger partial charge on any atom is 0.356 e. The summed E-state index contributed by atoms with van der Waals surface area (Å²) < 4.78 is 6.60. The quantitative estimate of drug-likeness (QED) is 0.708. The first-order valence-electron chi connectivity index (χ1n) is 7.97. The Hall–Kier alpha value is -3.54. The van der Waals surface area contributed by atoms with Crippen molar-refractivity contribution in [3.8, 4) is 5.75 Å². The van der Waals surface area contributed by atoms with E-state index in [2.05, 4.69) is 0 Å². The Balaban J connectivity index is 1.81. The van der Waals surface area contributed by atoms with E-state index < -0.39 is 11.4 Å². The Morgan fingerprint density at radius 2 is 1.50 bits per heavy atom. The molecule has 3 aromatic rings. The van der Waals surface area contributed by atoms with Gasteiger partial charge in [-0.25, -0.2) is 4.79 Å². The molecule has 1 aromatic heterocycles. The van der Waals surface area contributed by atoms with Gasteiger partial charge in [0.15, 0.2) is 11.4 Å². The minimum atomic E-state index is -1.26. The number of aromatic nitrogens is 1. The largest absolute Gasteiger partial charge is 0.483 e. The van der Waals surface area contributed by atoms with Crippen LogP contribution >= 0.6 is 0 Å². The molecule has 0 unspecified atom stereocenters. The Morgan fingerprint density at radius 1 is 0.923 bits per heavy atom. The van der Waals surface area contributed by atoms with E-state index in [4.69, 9.17) is 9.57 Å². The van der Waals surface area contributed by atoms with Crippen LogP contribution in [0, 0.1) is 0 Å². The molecule has 3 rings (SSSR count). The minimum absolute atomic E-state index is 0.0203. The van der Waals surface area contributed by atoms with Crippen LogP contribution < -0.4 is 15.0 Å². The van der Waals surface area contributed by atoms with Crippen LogP contribution in [0.1, 0.15) is 21.6 Å². The van der Waals surface area contributed by atoms with Crippen molar-refractivity contribution in [2.75, 3.05) is 0 Å². The van der Waals surface area contributed by atoms with Crippen molar-refractivity contribution in [1.82, 2.24) is 4.73 Å². The summed E-state index contributed by atoms with van der Waals surface area (Å²) in [6.45, 7) is 0.350. The highest BCUT2D eigenvalue weighted by Gasteiger charge is 2.15. The van der Waals surface area contributed by atoms with E-state index in [0.29, 0.717) is 0 Å². The maximum atomic E-state index is 12.1. The molecule has 1 heterocycles. The SMILES string of the molecule is O=C(O)c1cc(=O)c(OCc2ccccc2)cn1OCc1ccccc1. The molecule has 132 valence electrons. The lowest BCUT2D eigenvalue weighted by atomic mass is 10.2. The molecule has 0 bridgehead atoms. The van der Waals surface area contributed by atoms with E-state index in [9.17, 15) is 14.7 Å². The highest BCUT2D eigenvalue weighted by atomic mass is 16.7. The van der Waals surface area contributed by atoms with Crippen LogP contribution in [0.4, 0.5) is 0 Å². The molecule has 0 atom stereocenters. The number of hydrogen-bond acceptors (Lipinski definition) is 4. The molecule has 0 fully saturated rings. The number of carbonyl (C=O) groups is 1. The van der Waals surface area contributed by atoms with Crippen LogP contribution in [0.2, 0.25) is 0 Å². The van der Waals surface area contributed by atoms with Gasteiger partial charge in [-0.05, 0) is 11.1 Å². The fraction of sp³-hybridized carbons (Fsp3) is 0.100. The fourth-order valence-corrected chi connectivity index (χ4v) is 2.32. The highest BCUT2D eigenvalue weighted by molar-refractivity contribution is 5.85. The summed E-state index contributed by atoms with van der Waals surface area (Å²) in [4.78, 5) is 29.1. The van der Waals surface area contributed by atoms with Crippen molar-refractivity contribution in [2.45, 2.75) is 13.2 Å². The summed E-state index contributed by atoms with van der Waals surface area (Å²) in [7, 11) is 0. The molecule has 0 saturated heterocycles. The number of nitrogens with zero attached hydrogens (tertiary/aromatic N) is 1. The van der Waals surface area contributed by atoms with Crippen molar-refractivity contribution < 1.29 is 19.5 Å². The second kappa shape index (κ2) is 8.02. The number of benzene rings is 2. The molecule has 1 N–H and O–H groups in total. The summed E-state index contributed by atoms with van der Waals surface area (Å²) in [6.07, 6.45) is 1.26. The van der Waals surface area contributed by atoms with Crippen molar-refractivity contribution in [2.24, 2.45) is 0 Å². The van der Waals surface area contributed by atoms with Gasteiger partial charge in [-0.2, -0.15) is 4.73 Å². The molecule has 0 radical (unpaired) electrons. The van der Waals surface area contributed by atoms with Crippen molar-refractivity contribution in [3.63, 3.8) is 0 Å². The Kier molecular flexibility index (Phi) is 5.34. The van der Waals surface area contributed by atoms with Crippen molar-refractivity contribution in [3.05, 3.63) is 100.0 Å². The van der Waals surface area contributed by atoms with Gasteiger partial charge >= 0.3 is 5.97 Å². The van der Waals surface area contributed by atoms with Crippen molar-refractivity contribution >= 4 is 5.97 Å². The van der Waals surface area contributed by atoms with Crippen molar-refractivity contribution in [1.29, 1.82) is 0 Å². The lowest BCUT2D eigenvalue weighted by Crippen LogP contribution is -2.23. The highest BCUT2D eigenvalue weighted by Crippen LogP contribution is 2.10. The van der Waals surface area contributed by atoms with Gasteiger partial charge in [0.25, 0.3) is 0 Å². The lowest BCUT2D eigenvalue weighted by molar-refractivity contribution is 0.0550. The summed E-state index contributed by atoms with van der Waals surface area (Å²) in [5.41, 5.74) is 0.983. The minimum Gasteiger partial charge on any atom is -0.483 e. The number of rotatable bonds is 7. The van der Waals surface area contributed by atoms with Crippen LogP contribution in [-0.2, 0) is 13.2 Å². The average Bonchev–Trinajstić information content (AvgIpc) is 2.67. The topological polar surface area (TPSA) is 77.8 Å². The molecule has 6 nitrogen and oxygen atoms in total. The van der Waals surface area contributed by atoms with E-state index in [-0.39, 0.29) is 24.7 Å². The third-order valence-electron chi connectivity index (χ3n) is 3.65. The summed E-state index contributed by atoms with van der Waals surface area (Å²) in [5.74, 6) is -1.24. The maximum absolute atomic E-state index is 12.1. The summed E-state index contributed by atoms with van der Waals surface area (Å²) in [6, 6.07) is 19.7. The number of pyridine rings is 1. The van der Waals surface area contributed by atoms with E-state index in [0.717, 1.165) is 21.9 Å². The predicted octanol–water partition coefficient (Wildman–Crippen LogP) is 2.75. The molecule has 0 amide bonds. The zero-order valence-corrected chi connectivity index (χ0v) is 13.9. The van der Waals surface area contributed by atoms with Gasteiger partial charge < -0.3 is 14.7 Å². The van der Waals surface area contributed by atoms with E-state index in [1.165, 1.54) is 6.20 Å². The van der Waals surface area contributed by atoms with Crippen LogP contribution in [0.25, 0.3) is 0 Å². The van der Waals surface area contributed by atoms with Gasteiger partial charge in [0.1, 0.15) is 13.2 Å². The van der Waals surface area contributed by atoms with E-state index in [1.807, 2.05) is 60.7 Å². The fourth-order valence-electron chi connectivity index (χ4n) is 2.32. The van der Waals surface area contributed by atoms with Crippen LogP contribution in [0.5, 0.6) is 5.75 Å². The van der Waals surface area contributed by atoms with Gasteiger partial charge in [0.05, 0.1) is 6.20 Å². The van der Waals surface area contributed by atoms with Gasteiger partial charge in [-0.1, -0.05) is 60.7 Å². The molecule has 2 aromatic carbocycles. The predicted molar refractivity (Wildman–Crippen MR) is 95.2 cm³/mol. The molecule has 0 saturated carbocycles. The van der Waals surface area contributed by atoms with E-state index in [1.54, 1.807) is 0 Å². The second-order valence-electron chi connectivity index (χ2n) is 5.55. The molecule has 0 aliphatic rings. The van der Waals surface area contributed by atoms with Crippen LogP contribution in [0.3, 0.4) is 0 Å². The molecule has 0 spiro atoms. The number of ether oxygens (including phenoxy) is 1. The number of aromatic carboxylic acids is 1. The van der Waals surface area contributed by atoms with Gasteiger partial charge in [0, 0.05) is 6.07 Å². The Bertz CT molecular complexity index is 935. The third kappa shape index (κ3) is 4.30. The molecule has 6 heteroatoms. The molecule has 0 aliphatic carbocycles. The molecular weight excluding hydrogens is 334 g/mol. The van der Waals surface area contributed by atoms with Crippen LogP contribution in [0.15, 0.2) is 77.7 Å². The zero-order chi connectivity index (χ0) is 18.4. The lowest BCUT2D eigenvalue weighted by Gasteiger charge is -2.14. The first-order valence-corrected chi connectivity index (χ1v) is 7.97. The number of carboxylic acids is 1. The van der Waals surface area contributed by atoms with Gasteiger partial charge in [-0.15, -0.1) is 0 Å². The standard InChI is InChI=1S/C20H17NO5/c22-18-11-17(20(23)24)21(26-14-16-9-5-2-6-10-16)12-19(18)25-13-15-7-3-1-4-8-15/h1-12H,13-14H2,(H,23,24).